The van der Waals surface area contributed by atoms with E-state index in [2.05, 4.69) is 5.32 Å². The number of amides is 3. The zero-order valence-electron chi connectivity index (χ0n) is 20.0. The third-order valence-corrected chi connectivity index (χ3v) is 7.64. The van der Waals surface area contributed by atoms with Crippen LogP contribution in [0.15, 0.2) is 18.2 Å². The second kappa shape index (κ2) is 10.3. The van der Waals surface area contributed by atoms with Gasteiger partial charge in [0.1, 0.15) is 0 Å². The number of carbonyl (C=O) groups excluding carboxylic acids is 2. The maximum Gasteiger partial charge on any atom is 0.417 e. The van der Waals surface area contributed by atoms with Crippen molar-refractivity contribution in [3.8, 4) is 6.07 Å². The minimum atomic E-state index is -4.63. The van der Waals surface area contributed by atoms with Crippen molar-refractivity contribution in [2.45, 2.75) is 38.8 Å². The van der Waals surface area contributed by atoms with Gasteiger partial charge < -0.3 is 20.0 Å². The molecule has 1 aromatic carbocycles. The van der Waals surface area contributed by atoms with Crippen LogP contribution in [0.5, 0.6) is 0 Å². The van der Waals surface area contributed by atoms with E-state index < -0.39 is 17.3 Å². The van der Waals surface area contributed by atoms with Crippen LogP contribution in [0.4, 0.5) is 23.7 Å². The highest BCUT2D eigenvalue weighted by Gasteiger charge is 2.44. The molecule has 3 aliphatic rings. The van der Waals surface area contributed by atoms with Gasteiger partial charge >= 0.3 is 12.2 Å². The number of anilines is 1. The minimum absolute atomic E-state index is 0.0180. The van der Waals surface area contributed by atoms with E-state index in [1.54, 1.807) is 6.07 Å². The third-order valence-electron chi connectivity index (χ3n) is 7.64. The molecule has 3 saturated heterocycles. The molecule has 1 aromatic rings. The monoisotopic (exact) mass is 491 g/mol. The molecule has 0 aromatic heterocycles. The summed E-state index contributed by atoms with van der Waals surface area (Å²) in [7, 11) is 0. The molecule has 10 heteroatoms. The van der Waals surface area contributed by atoms with Crippen molar-refractivity contribution in [2.24, 2.45) is 17.8 Å². The predicted molar refractivity (Wildman–Crippen MR) is 125 cm³/mol. The molecule has 7 nitrogen and oxygen atoms in total. The van der Waals surface area contributed by atoms with E-state index in [9.17, 15) is 22.8 Å². The van der Waals surface area contributed by atoms with Crippen LogP contribution in [0.3, 0.4) is 0 Å². The second-order valence-corrected chi connectivity index (χ2v) is 9.71. The van der Waals surface area contributed by atoms with Crippen molar-refractivity contribution in [1.29, 1.82) is 5.26 Å². The Morgan fingerprint density at radius 1 is 1.09 bits per heavy atom. The number of likely N-dealkylation sites (tertiary alicyclic amines) is 2. The molecule has 3 fully saturated rings. The lowest BCUT2D eigenvalue weighted by Gasteiger charge is -2.37. The number of halogens is 3. The first kappa shape index (κ1) is 25.1. The fraction of sp³-hybridized carbons (Fsp3) is 0.640. The van der Waals surface area contributed by atoms with Crippen LogP contribution in [-0.4, -0.2) is 67.6 Å². The highest BCUT2D eigenvalue weighted by Crippen LogP contribution is 2.40. The van der Waals surface area contributed by atoms with Gasteiger partial charge in [-0.2, -0.15) is 18.4 Å². The first-order valence-corrected chi connectivity index (χ1v) is 12.4. The predicted octanol–water partition coefficient (Wildman–Crippen LogP) is 3.69. The molecule has 1 N–H and O–H groups in total. The molecule has 0 aliphatic carbocycles. The van der Waals surface area contributed by atoms with E-state index in [4.69, 9.17) is 5.26 Å². The number of carbonyl (C=O) groups is 2. The SMILES string of the molecule is CCNC(=O)[C@@H]1CN(c2ccc(C#N)c(C(F)(F)F)c2)C[C@H]1C1CCN(C(=O)N2CCCC2)CC1. The fourth-order valence-corrected chi connectivity index (χ4v) is 5.79. The van der Waals surface area contributed by atoms with Gasteiger partial charge in [-0.1, -0.05) is 0 Å². The van der Waals surface area contributed by atoms with E-state index in [1.165, 1.54) is 12.1 Å². The molecule has 0 spiro atoms. The van der Waals surface area contributed by atoms with E-state index >= 15 is 0 Å². The highest BCUT2D eigenvalue weighted by atomic mass is 19.4. The maximum absolute atomic E-state index is 13.5. The average Bonchev–Trinajstić information content (AvgIpc) is 3.54. The van der Waals surface area contributed by atoms with Gasteiger partial charge in [0.15, 0.2) is 0 Å². The summed E-state index contributed by atoms with van der Waals surface area (Å²) >= 11 is 0. The Bertz CT molecular complexity index is 978. The lowest BCUT2D eigenvalue weighted by molar-refractivity contribution is -0.137. The van der Waals surface area contributed by atoms with Gasteiger partial charge in [-0.3, -0.25) is 4.79 Å². The van der Waals surface area contributed by atoms with E-state index in [0.29, 0.717) is 38.4 Å². The molecule has 4 rings (SSSR count). The van der Waals surface area contributed by atoms with Crippen molar-refractivity contribution in [3.05, 3.63) is 29.3 Å². The van der Waals surface area contributed by atoms with Crippen LogP contribution < -0.4 is 10.2 Å². The Kier molecular flexibility index (Phi) is 7.43. The van der Waals surface area contributed by atoms with Crippen LogP contribution >= 0.6 is 0 Å². The molecule has 0 bridgehead atoms. The number of hydrogen-bond donors (Lipinski definition) is 1. The summed E-state index contributed by atoms with van der Waals surface area (Å²) in [4.78, 5) is 31.3. The minimum Gasteiger partial charge on any atom is -0.370 e. The van der Waals surface area contributed by atoms with Gasteiger partial charge in [0.2, 0.25) is 5.91 Å². The third kappa shape index (κ3) is 5.34. The van der Waals surface area contributed by atoms with Crippen LogP contribution in [0.2, 0.25) is 0 Å². The number of benzene rings is 1. The normalized spacial score (nSPS) is 23.5. The van der Waals surface area contributed by atoms with Gasteiger partial charge in [-0.05, 0) is 62.6 Å². The van der Waals surface area contributed by atoms with Crippen LogP contribution in [0.25, 0.3) is 0 Å². The van der Waals surface area contributed by atoms with Gasteiger partial charge in [-0.25, -0.2) is 4.79 Å². The zero-order chi connectivity index (χ0) is 25.2. The molecule has 0 saturated carbocycles. The standard InChI is InChI=1S/C25H32F3N5O2/c1-2-30-23(34)21-16-33(19-6-5-18(14-29)22(13-19)25(26,27)28)15-20(21)17-7-11-32(12-8-17)24(35)31-9-3-4-10-31/h5-6,13,17,20-21H,2-4,7-12,15-16H2,1H3,(H,30,34)/t20-,21+/m0/s1. The number of nitrogens with zero attached hydrogens (tertiary/aromatic N) is 4. The van der Waals surface area contributed by atoms with Crippen LogP contribution in [0.1, 0.15) is 43.7 Å². The summed E-state index contributed by atoms with van der Waals surface area (Å²) in [6.07, 6.45) is -1.00. The van der Waals surface area contributed by atoms with Gasteiger partial charge in [-0.15, -0.1) is 0 Å². The van der Waals surface area contributed by atoms with Crippen LogP contribution in [-0.2, 0) is 11.0 Å². The van der Waals surface area contributed by atoms with Crippen molar-refractivity contribution in [2.75, 3.05) is 50.7 Å². The summed E-state index contributed by atoms with van der Waals surface area (Å²) in [5.74, 6) is -0.239. The maximum atomic E-state index is 13.5. The second-order valence-electron chi connectivity index (χ2n) is 9.71. The molecule has 2 atom stereocenters. The molecule has 35 heavy (non-hydrogen) atoms. The molecule has 3 amide bonds. The fourth-order valence-electron chi connectivity index (χ4n) is 5.79. The molecule has 3 aliphatic heterocycles. The number of urea groups is 1. The van der Waals surface area contributed by atoms with Crippen molar-refractivity contribution >= 4 is 17.6 Å². The molecular weight excluding hydrogens is 459 g/mol. The molecular formula is C25H32F3N5O2. The van der Waals surface area contributed by atoms with Gasteiger partial charge in [0.25, 0.3) is 0 Å². The van der Waals surface area contributed by atoms with Crippen LogP contribution in [0, 0.1) is 29.1 Å². The first-order valence-electron chi connectivity index (χ1n) is 12.4. The summed E-state index contributed by atoms with van der Waals surface area (Å²) in [6, 6.07) is 5.46. The van der Waals surface area contributed by atoms with Gasteiger partial charge in [0.05, 0.1) is 23.1 Å². The molecule has 3 heterocycles. The van der Waals surface area contributed by atoms with Gasteiger partial charge in [0, 0.05) is 51.5 Å². The molecule has 0 unspecified atom stereocenters. The highest BCUT2D eigenvalue weighted by molar-refractivity contribution is 5.80. The Hall–Kier alpha value is -2.96. The van der Waals surface area contributed by atoms with E-state index in [0.717, 1.165) is 44.8 Å². The lowest BCUT2D eigenvalue weighted by Crippen LogP contribution is -2.47. The molecule has 190 valence electrons. The summed E-state index contributed by atoms with van der Waals surface area (Å²) in [6.45, 7) is 6.00. The summed E-state index contributed by atoms with van der Waals surface area (Å²) in [5.41, 5.74) is -0.994. The summed E-state index contributed by atoms with van der Waals surface area (Å²) in [5, 5.41) is 12.0. The summed E-state index contributed by atoms with van der Waals surface area (Å²) < 4.78 is 40.6. The number of hydrogen-bond acceptors (Lipinski definition) is 4. The Labute approximate surface area is 203 Å². The number of rotatable bonds is 4. The smallest absolute Gasteiger partial charge is 0.370 e. The Morgan fingerprint density at radius 3 is 2.34 bits per heavy atom. The van der Waals surface area contributed by atoms with E-state index in [-0.39, 0.29) is 29.7 Å². The quantitative estimate of drug-likeness (QED) is 0.697. The van der Waals surface area contributed by atoms with Crippen molar-refractivity contribution < 1.29 is 22.8 Å². The lowest BCUT2D eigenvalue weighted by atomic mass is 9.78. The molecule has 0 radical (unpaired) electrons. The Balaban J connectivity index is 1.50. The van der Waals surface area contributed by atoms with Crippen molar-refractivity contribution in [3.63, 3.8) is 0 Å². The Morgan fingerprint density at radius 2 is 1.74 bits per heavy atom. The zero-order valence-corrected chi connectivity index (χ0v) is 20.0. The number of piperidine rings is 1. The van der Waals surface area contributed by atoms with E-state index in [1.807, 2.05) is 21.6 Å². The number of nitriles is 1. The average molecular weight is 492 g/mol. The number of alkyl halides is 3. The first-order chi connectivity index (χ1) is 16.7. The largest absolute Gasteiger partial charge is 0.417 e. The topological polar surface area (TPSA) is 79.7 Å². The van der Waals surface area contributed by atoms with Crippen molar-refractivity contribution in [1.82, 2.24) is 15.1 Å². The number of nitrogens with one attached hydrogen (secondary N) is 1.